The number of nitrogens with zero attached hydrogens (tertiary/aromatic N) is 2. The lowest BCUT2D eigenvalue weighted by molar-refractivity contribution is 0.0904. The number of hydrogen-bond acceptors (Lipinski definition) is 4. The van der Waals surface area contributed by atoms with Crippen LogP contribution in [0.15, 0.2) is 18.3 Å². The molecular weight excluding hydrogens is 289 g/mol. The molecule has 1 rings (SSSR count). The number of carbonyl (C=O) groups is 1. The van der Waals surface area contributed by atoms with Crippen LogP contribution in [0.5, 0.6) is 0 Å². The van der Waals surface area contributed by atoms with Crippen LogP contribution in [-0.2, 0) is 0 Å². The van der Waals surface area contributed by atoms with Crippen molar-refractivity contribution in [2.75, 3.05) is 27.2 Å². The van der Waals surface area contributed by atoms with Gasteiger partial charge in [0.15, 0.2) is 0 Å². The smallest absolute Gasteiger partial charge is 0.254 e. The molecule has 1 amide bonds. The van der Waals surface area contributed by atoms with Crippen LogP contribution in [0.2, 0.25) is 5.15 Å². The fourth-order valence-electron chi connectivity index (χ4n) is 1.37. The molecule has 108 valence electrons. The molecule has 2 N–H and O–H groups in total. The number of hydrogen-bond donors (Lipinski definition) is 2. The average Bonchev–Trinajstić information content (AvgIpc) is 2.34. The zero-order chi connectivity index (χ0) is 13.5. The molecule has 0 bridgehead atoms. The van der Waals surface area contributed by atoms with Crippen molar-refractivity contribution in [1.82, 2.24) is 15.2 Å². The lowest BCUT2D eigenvalue weighted by Gasteiger charge is -2.15. The minimum Gasteiger partial charge on any atom is -0.391 e. The average molecular weight is 308 g/mol. The standard InChI is InChI=1S/C12H18ClN3O2.ClH/c1-16(2)7-5-9(17)8-15-12(18)10-4-3-6-14-11(10)13;/h3-4,6,9,17H,5,7-8H2,1-2H3,(H,15,18);1H. The van der Waals surface area contributed by atoms with Gasteiger partial charge in [-0.25, -0.2) is 4.98 Å². The van der Waals surface area contributed by atoms with Gasteiger partial charge in [-0.05, 0) is 32.6 Å². The Bertz CT molecular complexity index is 402. The molecule has 0 radical (unpaired) electrons. The Morgan fingerprint density at radius 1 is 1.58 bits per heavy atom. The second-order valence-corrected chi connectivity index (χ2v) is 4.66. The van der Waals surface area contributed by atoms with E-state index >= 15 is 0 Å². The van der Waals surface area contributed by atoms with Crippen LogP contribution in [0.25, 0.3) is 0 Å². The van der Waals surface area contributed by atoms with Gasteiger partial charge in [0.25, 0.3) is 5.91 Å². The Kier molecular flexibility index (Phi) is 8.67. The fraction of sp³-hybridized carbons (Fsp3) is 0.500. The van der Waals surface area contributed by atoms with E-state index in [9.17, 15) is 9.90 Å². The van der Waals surface area contributed by atoms with Crippen molar-refractivity contribution in [3.63, 3.8) is 0 Å². The number of aliphatic hydroxyl groups is 1. The summed E-state index contributed by atoms with van der Waals surface area (Å²) in [6.45, 7) is 0.975. The van der Waals surface area contributed by atoms with Gasteiger partial charge in [0.2, 0.25) is 0 Å². The fourth-order valence-corrected chi connectivity index (χ4v) is 1.58. The quantitative estimate of drug-likeness (QED) is 0.775. The van der Waals surface area contributed by atoms with E-state index in [-0.39, 0.29) is 30.0 Å². The third-order valence-corrected chi connectivity index (χ3v) is 2.71. The summed E-state index contributed by atoms with van der Waals surface area (Å²) in [7, 11) is 3.86. The molecule has 0 aliphatic rings. The SMILES string of the molecule is CN(C)CCC(O)CNC(=O)c1cccnc1Cl.Cl. The Morgan fingerprint density at radius 3 is 2.84 bits per heavy atom. The molecule has 1 aromatic heterocycles. The molecule has 1 unspecified atom stereocenters. The van der Waals surface area contributed by atoms with Crippen molar-refractivity contribution in [3.05, 3.63) is 29.0 Å². The molecule has 19 heavy (non-hydrogen) atoms. The van der Waals surface area contributed by atoms with E-state index in [1.54, 1.807) is 12.1 Å². The number of aliphatic hydroxyl groups excluding tert-OH is 1. The van der Waals surface area contributed by atoms with Gasteiger partial charge < -0.3 is 15.3 Å². The molecule has 1 aromatic rings. The molecule has 1 atom stereocenters. The molecule has 0 aliphatic heterocycles. The van der Waals surface area contributed by atoms with E-state index in [0.29, 0.717) is 12.0 Å². The van der Waals surface area contributed by atoms with Crippen LogP contribution in [0.4, 0.5) is 0 Å². The summed E-state index contributed by atoms with van der Waals surface area (Å²) < 4.78 is 0. The molecular formula is C12H19Cl2N3O2. The second-order valence-electron chi connectivity index (χ2n) is 4.30. The first-order valence-corrected chi connectivity index (χ1v) is 6.10. The van der Waals surface area contributed by atoms with E-state index < -0.39 is 6.10 Å². The number of aromatic nitrogens is 1. The van der Waals surface area contributed by atoms with Crippen LogP contribution in [0.1, 0.15) is 16.8 Å². The Hall–Kier alpha value is -0.880. The number of carbonyl (C=O) groups excluding carboxylic acids is 1. The van der Waals surface area contributed by atoms with Crippen molar-refractivity contribution < 1.29 is 9.90 Å². The Morgan fingerprint density at radius 2 is 2.26 bits per heavy atom. The molecule has 7 heteroatoms. The van der Waals surface area contributed by atoms with Gasteiger partial charge in [-0.1, -0.05) is 11.6 Å². The highest BCUT2D eigenvalue weighted by molar-refractivity contribution is 6.32. The monoisotopic (exact) mass is 307 g/mol. The van der Waals surface area contributed by atoms with Gasteiger partial charge in [-0.3, -0.25) is 4.79 Å². The third-order valence-electron chi connectivity index (χ3n) is 2.41. The first-order chi connectivity index (χ1) is 8.50. The summed E-state index contributed by atoms with van der Waals surface area (Å²) in [5.74, 6) is -0.322. The zero-order valence-corrected chi connectivity index (χ0v) is 12.5. The number of rotatable bonds is 6. The molecule has 5 nitrogen and oxygen atoms in total. The first kappa shape index (κ1) is 18.1. The van der Waals surface area contributed by atoms with E-state index in [2.05, 4.69) is 10.3 Å². The summed E-state index contributed by atoms with van der Waals surface area (Å²) in [5.41, 5.74) is 0.318. The highest BCUT2D eigenvalue weighted by atomic mass is 35.5. The van der Waals surface area contributed by atoms with Crippen molar-refractivity contribution in [1.29, 1.82) is 0 Å². The third kappa shape index (κ3) is 6.73. The lowest BCUT2D eigenvalue weighted by Crippen LogP contribution is -2.34. The summed E-state index contributed by atoms with van der Waals surface area (Å²) in [5, 5.41) is 12.5. The van der Waals surface area contributed by atoms with Gasteiger partial charge in [0.1, 0.15) is 5.15 Å². The highest BCUT2D eigenvalue weighted by Crippen LogP contribution is 2.10. The normalized spacial score (nSPS) is 11.8. The summed E-state index contributed by atoms with van der Waals surface area (Å²) >= 11 is 5.80. The van der Waals surface area contributed by atoms with Crippen molar-refractivity contribution in [2.24, 2.45) is 0 Å². The molecule has 0 aromatic carbocycles. The number of amides is 1. The van der Waals surface area contributed by atoms with Crippen LogP contribution >= 0.6 is 24.0 Å². The minimum absolute atomic E-state index is 0. The topological polar surface area (TPSA) is 65.5 Å². The van der Waals surface area contributed by atoms with Crippen LogP contribution in [0, 0.1) is 0 Å². The van der Waals surface area contributed by atoms with Crippen LogP contribution in [-0.4, -0.2) is 54.2 Å². The Balaban J connectivity index is 0.00000324. The van der Waals surface area contributed by atoms with Gasteiger partial charge >= 0.3 is 0 Å². The van der Waals surface area contributed by atoms with Crippen molar-refractivity contribution >= 4 is 29.9 Å². The maximum atomic E-state index is 11.8. The van der Waals surface area contributed by atoms with E-state index in [1.807, 2.05) is 19.0 Å². The highest BCUT2D eigenvalue weighted by Gasteiger charge is 2.12. The number of halogens is 2. The maximum absolute atomic E-state index is 11.8. The van der Waals surface area contributed by atoms with Crippen LogP contribution < -0.4 is 5.32 Å². The number of pyridine rings is 1. The molecule has 0 saturated heterocycles. The molecule has 0 aliphatic carbocycles. The van der Waals surface area contributed by atoms with Crippen molar-refractivity contribution in [2.45, 2.75) is 12.5 Å². The predicted octanol–water partition coefficient (Wildman–Crippen LogP) is 1.20. The minimum atomic E-state index is -0.563. The summed E-state index contributed by atoms with van der Waals surface area (Å²) in [6, 6.07) is 3.24. The summed E-state index contributed by atoms with van der Waals surface area (Å²) in [6.07, 6.45) is 1.56. The van der Waals surface area contributed by atoms with Gasteiger partial charge in [-0.2, -0.15) is 0 Å². The van der Waals surface area contributed by atoms with E-state index in [4.69, 9.17) is 11.6 Å². The molecule has 0 fully saturated rings. The molecule has 0 spiro atoms. The van der Waals surface area contributed by atoms with Crippen LogP contribution in [0.3, 0.4) is 0 Å². The van der Waals surface area contributed by atoms with Crippen molar-refractivity contribution in [3.8, 4) is 0 Å². The largest absolute Gasteiger partial charge is 0.391 e. The molecule has 0 saturated carbocycles. The van der Waals surface area contributed by atoms with Gasteiger partial charge in [0.05, 0.1) is 11.7 Å². The molecule has 1 heterocycles. The second kappa shape index (κ2) is 9.09. The Labute approximate surface area is 124 Å². The van der Waals surface area contributed by atoms with E-state index in [0.717, 1.165) is 6.54 Å². The summed E-state index contributed by atoms with van der Waals surface area (Å²) in [4.78, 5) is 17.5. The number of nitrogens with one attached hydrogen (secondary N) is 1. The first-order valence-electron chi connectivity index (χ1n) is 5.72. The van der Waals surface area contributed by atoms with Gasteiger partial charge in [0, 0.05) is 19.3 Å². The van der Waals surface area contributed by atoms with E-state index in [1.165, 1.54) is 6.20 Å². The lowest BCUT2D eigenvalue weighted by atomic mass is 10.2. The zero-order valence-electron chi connectivity index (χ0n) is 11.0. The maximum Gasteiger partial charge on any atom is 0.254 e. The predicted molar refractivity (Wildman–Crippen MR) is 78.0 cm³/mol. The van der Waals surface area contributed by atoms with Gasteiger partial charge in [-0.15, -0.1) is 12.4 Å².